The number of imide groups is 1. The van der Waals surface area contributed by atoms with Gasteiger partial charge < -0.3 is 23.9 Å². The maximum absolute atomic E-state index is 12.4. The van der Waals surface area contributed by atoms with Crippen LogP contribution in [0, 0.1) is 6.92 Å². The predicted molar refractivity (Wildman–Crippen MR) is 225 cm³/mol. The molecule has 1 saturated heterocycles. The molecular weight excluding hydrogens is 875 g/mol. The lowest BCUT2D eigenvalue weighted by Gasteiger charge is -2.33. The van der Waals surface area contributed by atoms with Crippen LogP contribution in [0.1, 0.15) is 69.1 Å². The molecule has 0 spiro atoms. The lowest BCUT2D eigenvalue weighted by Crippen LogP contribution is -2.34. The lowest BCUT2D eigenvalue weighted by atomic mass is 9.72. The Bertz CT molecular complexity index is 2420. The smallest absolute Gasteiger partial charge is 0.335 e. The van der Waals surface area contributed by atoms with Gasteiger partial charge in [0.25, 0.3) is 42.2 Å². The molecule has 2 aliphatic heterocycles. The van der Waals surface area contributed by atoms with Crippen LogP contribution in [0.4, 0.5) is 5.69 Å². The minimum absolute atomic E-state index is 0.0225. The van der Waals surface area contributed by atoms with Crippen molar-refractivity contribution in [3.8, 4) is 0 Å². The van der Waals surface area contributed by atoms with Crippen molar-refractivity contribution >= 4 is 59.5 Å². The van der Waals surface area contributed by atoms with Gasteiger partial charge in [0.2, 0.25) is 0 Å². The number of methoxy groups -OCH3 is 2. The summed E-state index contributed by atoms with van der Waals surface area (Å²) in [7, 11) is -10.7. The molecule has 2 aliphatic rings. The van der Waals surface area contributed by atoms with E-state index in [9.17, 15) is 53.3 Å². The molecule has 1 fully saturated rings. The van der Waals surface area contributed by atoms with Gasteiger partial charge >= 0.3 is 5.97 Å². The number of rotatable bonds is 23. The van der Waals surface area contributed by atoms with Crippen LogP contribution in [-0.2, 0) is 74.6 Å². The molecule has 0 saturated carbocycles. The number of fused-ring (bicyclic) bond motifs is 1. The molecule has 19 nitrogen and oxygen atoms in total. The number of hydrogen-bond acceptors (Lipinski definition) is 15. The molecule has 3 N–H and O–H groups in total. The minimum atomic E-state index is -4.66. The Kier molecular flexibility index (Phi) is 16.9. The maximum Gasteiger partial charge on any atom is 0.335 e. The summed E-state index contributed by atoms with van der Waals surface area (Å²) in [6.45, 7) is 5.91. The SMILES string of the molecule is COCCN=C(/C=C/C=C1/N(CCOCCC(=O)ON2C(=O)CCC2=O)c2ccc(S(=O)(=O)O)cc2C1(C)CCOC)C(C)(CCCS(=O)(=O)O)c1cc(S(=O)(=O)O)ccc1C. The fraction of sp³-hybridized carbons (Fsp3) is 0.500. The zero-order chi connectivity index (χ0) is 46.1. The van der Waals surface area contributed by atoms with Crippen molar-refractivity contribution in [1.82, 2.24) is 5.06 Å². The highest BCUT2D eigenvalue weighted by molar-refractivity contribution is 7.86. The Morgan fingerprint density at radius 2 is 1.53 bits per heavy atom. The number of ether oxygens (including phenoxy) is 3. The number of carbonyl (C=O) groups excluding carboxylic acids is 3. The summed E-state index contributed by atoms with van der Waals surface area (Å²) < 4.78 is 119. The van der Waals surface area contributed by atoms with Gasteiger partial charge in [-0.05, 0) is 99.2 Å². The summed E-state index contributed by atoms with van der Waals surface area (Å²) in [6, 6.07) is 8.23. The second-order valence-electron chi connectivity index (χ2n) is 15.1. The zero-order valence-corrected chi connectivity index (χ0v) is 37.6. The molecule has 62 heavy (non-hydrogen) atoms. The topological polar surface area (TPSA) is 270 Å². The molecule has 0 aromatic heterocycles. The Morgan fingerprint density at radius 3 is 2.15 bits per heavy atom. The number of anilines is 1. The Balaban J connectivity index is 1.79. The highest BCUT2D eigenvalue weighted by Gasteiger charge is 2.44. The van der Waals surface area contributed by atoms with Crippen LogP contribution in [0.15, 0.2) is 75.1 Å². The van der Waals surface area contributed by atoms with Crippen LogP contribution in [0.2, 0.25) is 0 Å². The molecule has 22 heteroatoms. The first kappa shape index (κ1) is 50.3. The first-order chi connectivity index (χ1) is 29.0. The van der Waals surface area contributed by atoms with Crippen LogP contribution in [0.25, 0.3) is 0 Å². The summed E-state index contributed by atoms with van der Waals surface area (Å²) in [5.74, 6) is -2.68. The van der Waals surface area contributed by atoms with Crippen molar-refractivity contribution in [1.29, 1.82) is 0 Å². The van der Waals surface area contributed by atoms with Crippen molar-refractivity contribution in [2.45, 2.75) is 79.9 Å². The second kappa shape index (κ2) is 20.9. The molecule has 2 heterocycles. The standard InChI is InChI=1S/C40H53N3O16S3/c1-28-10-11-29(61(50,51)52)26-31(28)39(2,17-7-25-60(47,48)49)34(41-19-23-57-5)8-6-9-35-40(3,18-22-56-4)32-27-30(62(53,54)55)12-13-33(32)42(35)20-24-58-21-16-38(46)59-43-36(44)14-15-37(43)45/h6,8-13,26-27H,7,14-25H2,1-5H3,(H,47,48,49)(H,50,51,52)(H,53,54,55)/b8-6+,35-9+,41-34?. The van der Waals surface area contributed by atoms with Crippen molar-refractivity contribution in [3.63, 3.8) is 0 Å². The summed E-state index contributed by atoms with van der Waals surface area (Å²) in [6.07, 6.45) is 5.03. The quantitative estimate of drug-likeness (QED) is 0.0619. The third-order valence-electron chi connectivity index (χ3n) is 10.8. The van der Waals surface area contributed by atoms with Crippen LogP contribution >= 0.6 is 0 Å². The highest BCUT2D eigenvalue weighted by Crippen LogP contribution is 2.50. The predicted octanol–water partition coefficient (Wildman–Crippen LogP) is 3.77. The minimum Gasteiger partial charge on any atom is -0.385 e. The van der Waals surface area contributed by atoms with Crippen molar-refractivity contribution in [2.24, 2.45) is 4.99 Å². The van der Waals surface area contributed by atoms with Gasteiger partial charge in [0.1, 0.15) is 0 Å². The monoisotopic (exact) mass is 927 g/mol. The molecule has 4 rings (SSSR count). The Hall–Kier alpha value is -4.39. The van der Waals surface area contributed by atoms with Crippen LogP contribution in [-0.4, -0.2) is 127 Å². The van der Waals surface area contributed by atoms with Gasteiger partial charge in [-0.2, -0.15) is 25.3 Å². The van der Waals surface area contributed by atoms with Crippen LogP contribution < -0.4 is 4.90 Å². The Labute approximate surface area is 362 Å². The number of carbonyl (C=O) groups is 3. The summed E-state index contributed by atoms with van der Waals surface area (Å²) in [4.78, 5) is 46.9. The van der Waals surface area contributed by atoms with E-state index in [-0.39, 0.29) is 76.5 Å². The first-order valence-electron chi connectivity index (χ1n) is 19.5. The molecule has 342 valence electrons. The number of aryl methyl sites for hydroxylation is 1. The molecular formula is C40H53N3O16S3. The molecule has 0 bridgehead atoms. The van der Waals surface area contributed by atoms with Crippen molar-refractivity contribution in [2.75, 3.05) is 64.4 Å². The van der Waals surface area contributed by atoms with E-state index in [1.165, 1.54) is 44.6 Å². The molecule has 2 amide bonds. The molecule has 0 radical (unpaired) electrons. The first-order valence-corrected chi connectivity index (χ1v) is 23.9. The molecule has 0 aliphatic carbocycles. The third kappa shape index (κ3) is 12.6. The van der Waals surface area contributed by atoms with E-state index >= 15 is 0 Å². The zero-order valence-electron chi connectivity index (χ0n) is 35.1. The number of nitrogens with zero attached hydrogens (tertiary/aromatic N) is 3. The van der Waals surface area contributed by atoms with Gasteiger partial charge in [0.15, 0.2) is 0 Å². The molecule has 2 atom stereocenters. The summed E-state index contributed by atoms with van der Waals surface area (Å²) >= 11 is 0. The molecule has 2 aromatic carbocycles. The van der Waals surface area contributed by atoms with Gasteiger partial charge in [-0.1, -0.05) is 12.1 Å². The Morgan fingerprint density at radius 1 is 0.903 bits per heavy atom. The highest BCUT2D eigenvalue weighted by atomic mass is 32.2. The number of hydrogen-bond donors (Lipinski definition) is 3. The van der Waals surface area contributed by atoms with Gasteiger partial charge in [0, 0.05) is 68.1 Å². The average molecular weight is 928 g/mol. The van der Waals surface area contributed by atoms with E-state index < -0.39 is 69.6 Å². The van der Waals surface area contributed by atoms with E-state index in [4.69, 9.17) is 24.0 Å². The van der Waals surface area contributed by atoms with E-state index in [0.717, 1.165) is 0 Å². The van der Waals surface area contributed by atoms with Gasteiger partial charge in [0.05, 0.1) is 48.3 Å². The summed E-state index contributed by atoms with van der Waals surface area (Å²) in [5, 5.41) is 0.448. The van der Waals surface area contributed by atoms with E-state index in [1.54, 1.807) is 38.1 Å². The molecule has 2 aromatic rings. The fourth-order valence-corrected chi connectivity index (χ4v) is 9.01. The fourth-order valence-electron chi connectivity index (χ4n) is 7.48. The van der Waals surface area contributed by atoms with Gasteiger partial charge in [-0.15, -0.1) is 5.06 Å². The van der Waals surface area contributed by atoms with Gasteiger partial charge in [-0.3, -0.25) is 28.2 Å². The van der Waals surface area contributed by atoms with E-state index in [1.807, 2.05) is 11.8 Å². The maximum atomic E-state index is 12.4. The molecule has 2 unspecified atom stereocenters. The van der Waals surface area contributed by atoms with Gasteiger partial charge in [-0.25, -0.2) is 4.79 Å². The third-order valence-corrected chi connectivity index (χ3v) is 13.3. The normalized spacial score (nSPS) is 19.2. The van der Waals surface area contributed by atoms with E-state index in [0.29, 0.717) is 45.3 Å². The van der Waals surface area contributed by atoms with Crippen molar-refractivity contribution in [3.05, 3.63) is 77.0 Å². The number of benzene rings is 2. The average Bonchev–Trinajstić information content (AvgIpc) is 3.62. The summed E-state index contributed by atoms with van der Waals surface area (Å²) in [5.41, 5.74) is 0.931. The number of hydroxylamine groups is 2. The second-order valence-corrected chi connectivity index (χ2v) is 19.5. The largest absolute Gasteiger partial charge is 0.385 e. The van der Waals surface area contributed by atoms with Crippen LogP contribution in [0.3, 0.4) is 0 Å². The number of amides is 2. The number of allylic oxidation sites excluding steroid dienone is 4. The lowest BCUT2D eigenvalue weighted by molar-refractivity contribution is -0.198. The van der Waals surface area contributed by atoms with E-state index in [2.05, 4.69) is 0 Å². The number of aliphatic imine (C=N–C) groups is 1. The van der Waals surface area contributed by atoms with Crippen molar-refractivity contribution < 1.29 is 72.3 Å². The van der Waals surface area contributed by atoms with Crippen LogP contribution in [0.5, 0.6) is 0 Å².